The van der Waals surface area contributed by atoms with E-state index < -0.39 is 0 Å². The third-order valence-electron chi connectivity index (χ3n) is 2.59. The van der Waals surface area contributed by atoms with E-state index in [1.165, 1.54) is 0 Å². The molecular weight excluding hydrogens is 166 g/mol. The molecule has 1 heterocycles. The molecule has 0 saturated carbocycles. The van der Waals surface area contributed by atoms with Gasteiger partial charge in [0.1, 0.15) is 0 Å². The Hall–Kier alpha value is -0.570. The summed E-state index contributed by atoms with van der Waals surface area (Å²) in [4.78, 5) is 11.6. The first-order chi connectivity index (χ1) is 6.24. The summed E-state index contributed by atoms with van der Waals surface area (Å²) < 4.78 is 5.20. The standard InChI is InChI=1S/C10H19NO2/c1-3-8(2)11-10(12)9-4-6-13-7-5-9/h8-9H,3-7H2,1-2H3,(H,11,12)/t8-/m1/s1. The Bertz CT molecular complexity index is 164. The molecule has 0 bridgehead atoms. The zero-order valence-electron chi connectivity index (χ0n) is 8.51. The fourth-order valence-corrected chi connectivity index (χ4v) is 1.42. The van der Waals surface area contributed by atoms with E-state index in [0.29, 0.717) is 6.04 Å². The first-order valence-electron chi connectivity index (χ1n) is 5.12. The quantitative estimate of drug-likeness (QED) is 0.720. The summed E-state index contributed by atoms with van der Waals surface area (Å²) in [6, 6.07) is 0.301. The summed E-state index contributed by atoms with van der Waals surface area (Å²) in [5.74, 6) is 0.389. The number of nitrogens with one attached hydrogen (secondary N) is 1. The number of carbonyl (C=O) groups is 1. The van der Waals surface area contributed by atoms with Crippen LogP contribution >= 0.6 is 0 Å². The average Bonchev–Trinajstić information content (AvgIpc) is 2.19. The first kappa shape index (κ1) is 10.5. The zero-order valence-corrected chi connectivity index (χ0v) is 8.51. The van der Waals surface area contributed by atoms with Gasteiger partial charge in [-0.15, -0.1) is 0 Å². The molecule has 1 atom stereocenters. The molecule has 0 aromatic rings. The molecule has 1 aliphatic rings. The molecule has 0 radical (unpaired) electrons. The summed E-state index contributed by atoms with van der Waals surface area (Å²) in [6.45, 7) is 5.59. The molecule has 13 heavy (non-hydrogen) atoms. The van der Waals surface area contributed by atoms with Crippen molar-refractivity contribution in [1.82, 2.24) is 5.32 Å². The van der Waals surface area contributed by atoms with Gasteiger partial charge in [-0.3, -0.25) is 4.79 Å². The molecule has 0 aromatic carbocycles. The normalized spacial score (nSPS) is 21.1. The predicted molar refractivity (Wildman–Crippen MR) is 51.4 cm³/mol. The largest absolute Gasteiger partial charge is 0.381 e. The van der Waals surface area contributed by atoms with E-state index in [1.807, 2.05) is 6.92 Å². The van der Waals surface area contributed by atoms with Gasteiger partial charge in [-0.2, -0.15) is 0 Å². The number of amides is 1. The monoisotopic (exact) mass is 185 g/mol. The van der Waals surface area contributed by atoms with Crippen LogP contribution < -0.4 is 5.32 Å². The topological polar surface area (TPSA) is 38.3 Å². The Balaban J connectivity index is 2.29. The van der Waals surface area contributed by atoms with Crippen molar-refractivity contribution in [1.29, 1.82) is 0 Å². The van der Waals surface area contributed by atoms with Crippen LogP contribution in [0.4, 0.5) is 0 Å². The lowest BCUT2D eigenvalue weighted by Crippen LogP contribution is -2.39. The summed E-state index contributed by atoms with van der Waals surface area (Å²) >= 11 is 0. The molecule has 0 aromatic heterocycles. The third kappa shape index (κ3) is 3.35. The molecular formula is C10H19NO2. The molecule has 1 N–H and O–H groups in total. The van der Waals surface area contributed by atoms with Crippen molar-refractivity contribution in [2.75, 3.05) is 13.2 Å². The molecule has 1 amide bonds. The Labute approximate surface area is 79.8 Å². The molecule has 1 saturated heterocycles. The second-order valence-electron chi connectivity index (χ2n) is 3.70. The Morgan fingerprint density at radius 3 is 2.69 bits per heavy atom. The number of hydrogen-bond acceptors (Lipinski definition) is 2. The summed E-state index contributed by atoms with van der Waals surface area (Å²) in [6.07, 6.45) is 2.75. The highest BCUT2D eigenvalue weighted by Crippen LogP contribution is 2.14. The molecule has 3 nitrogen and oxygen atoms in total. The van der Waals surface area contributed by atoms with E-state index in [9.17, 15) is 4.79 Å². The highest BCUT2D eigenvalue weighted by Gasteiger charge is 2.21. The SMILES string of the molecule is CC[C@@H](C)NC(=O)C1CCOCC1. The van der Waals surface area contributed by atoms with E-state index in [4.69, 9.17) is 4.74 Å². The van der Waals surface area contributed by atoms with Crippen LogP contribution in [0.3, 0.4) is 0 Å². The molecule has 0 spiro atoms. The van der Waals surface area contributed by atoms with Gasteiger partial charge in [0.05, 0.1) is 0 Å². The van der Waals surface area contributed by atoms with Gasteiger partial charge in [-0.25, -0.2) is 0 Å². The van der Waals surface area contributed by atoms with Crippen LogP contribution in [0.5, 0.6) is 0 Å². The maximum absolute atomic E-state index is 11.6. The van der Waals surface area contributed by atoms with Crippen molar-refractivity contribution in [3.63, 3.8) is 0 Å². The lowest BCUT2D eigenvalue weighted by molar-refractivity contribution is -0.128. The Morgan fingerprint density at radius 1 is 1.54 bits per heavy atom. The molecule has 1 aliphatic heterocycles. The van der Waals surface area contributed by atoms with Crippen molar-refractivity contribution >= 4 is 5.91 Å². The lowest BCUT2D eigenvalue weighted by atomic mass is 9.99. The van der Waals surface area contributed by atoms with Crippen molar-refractivity contribution < 1.29 is 9.53 Å². The molecule has 1 fully saturated rings. The van der Waals surface area contributed by atoms with Crippen LogP contribution in [0.15, 0.2) is 0 Å². The molecule has 0 unspecified atom stereocenters. The zero-order chi connectivity index (χ0) is 9.68. The van der Waals surface area contributed by atoms with Gasteiger partial charge >= 0.3 is 0 Å². The van der Waals surface area contributed by atoms with Crippen LogP contribution in [0.1, 0.15) is 33.1 Å². The minimum Gasteiger partial charge on any atom is -0.381 e. The van der Waals surface area contributed by atoms with Crippen molar-refractivity contribution in [2.45, 2.75) is 39.2 Å². The minimum absolute atomic E-state index is 0.183. The molecule has 0 aliphatic carbocycles. The number of hydrogen-bond donors (Lipinski definition) is 1. The number of rotatable bonds is 3. The number of ether oxygens (including phenoxy) is 1. The molecule has 1 rings (SSSR count). The minimum atomic E-state index is 0.183. The Kier molecular flexibility index (Phi) is 4.22. The van der Waals surface area contributed by atoms with Crippen LogP contribution in [-0.4, -0.2) is 25.2 Å². The van der Waals surface area contributed by atoms with E-state index >= 15 is 0 Å². The summed E-state index contributed by atoms with van der Waals surface area (Å²) in [5, 5.41) is 3.00. The van der Waals surface area contributed by atoms with E-state index in [0.717, 1.165) is 32.5 Å². The van der Waals surface area contributed by atoms with E-state index in [-0.39, 0.29) is 11.8 Å². The van der Waals surface area contributed by atoms with Crippen molar-refractivity contribution in [3.8, 4) is 0 Å². The van der Waals surface area contributed by atoms with Gasteiger partial charge in [0.2, 0.25) is 5.91 Å². The highest BCUT2D eigenvalue weighted by atomic mass is 16.5. The van der Waals surface area contributed by atoms with Crippen LogP contribution in [-0.2, 0) is 9.53 Å². The lowest BCUT2D eigenvalue weighted by Gasteiger charge is -2.23. The predicted octanol–water partition coefficient (Wildman–Crippen LogP) is 1.33. The maximum atomic E-state index is 11.6. The maximum Gasteiger partial charge on any atom is 0.223 e. The molecule has 3 heteroatoms. The van der Waals surface area contributed by atoms with Crippen LogP contribution in [0.2, 0.25) is 0 Å². The van der Waals surface area contributed by atoms with Crippen molar-refractivity contribution in [2.24, 2.45) is 5.92 Å². The van der Waals surface area contributed by atoms with E-state index in [2.05, 4.69) is 12.2 Å². The van der Waals surface area contributed by atoms with Gasteiger partial charge in [0.25, 0.3) is 0 Å². The second kappa shape index (κ2) is 5.22. The molecule has 76 valence electrons. The fourth-order valence-electron chi connectivity index (χ4n) is 1.42. The first-order valence-corrected chi connectivity index (χ1v) is 5.12. The van der Waals surface area contributed by atoms with Crippen molar-refractivity contribution in [3.05, 3.63) is 0 Å². The van der Waals surface area contributed by atoms with Crippen LogP contribution in [0, 0.1) is 5.92 Å². The van der Waals surface area contributed by atoms with Gasteiger partial charge in [0, 0.05) is 25.2 Å². The summed E-state index contributed by atoms with van der Waals surface area (Å²) in [5.41, 5.74) is 0. The van der Waals surface area contributed by atoms with E-state index in [1.54, 1.807) is 0 Å². The van der Waals surface area contributed by atoms with Gasteiger partial charge in [-0.05, 0) is 26.2 Å². The highest BCUT2D eigenvalue weighted by molar-refractivity contribution is 5.78. The fraction of sp³-hybridized carbons (Fsp3) is 0.900. The van der Waals surface area contributed by atoms with Gasteiger partial charge in [0.15, 0.2) is 0 Å². The van der Waals surface area contributed by atoms with Crippen LogP contribution in [0.25, 0.3) is 0 Å². The Morgan fingerprint density at radius 2 is 2.15 bits per heavy atom. The average molecular weight is 185 g/mol. The smallest absolute Gasteiger partial charge is 0.223 e. The van der Waals surface area contributed by atoms with Gasteiger partial charge < -0.3 is 10.1 Å². The van der Waals surface area contributed by atoms with Gasteiger partial charge in [-0.1, -0.05) is 6.92 Å². The summed E-state index contributed by atoms with van der Waals surface area (Å²) in [7, 11) is 0. The number of carbonyl (C=O) groups excluding carboxylic acids is 1. The third-order valence-corrected chi connectivity index (χ3v) is 2.59. The second-order valence-corrected chi connectivity index (χ2v) is 3.70.